The van der Waals surface area contributed by atoms with Crippen molar-refractivity contribution in [1.82, 2.24) is 0 Å². The predicted molar refractivity (Wildman–Crippen MR) is 74.7 cm³/mol. The monoisotopic (exact) mass is 255 g/mol. The lowest BCUT2D eigenvalue weighted by Gasteiger charge is -2.15. The van der Waals surface area contributed by atoms with E-state index >= 15 is 0 Å². The molecule has 98 valence electrons. The summed E-state index contributed by atoms with van der Waals surface area (Å²) in [4.78, 5) is 13.5. The molecule has 0 saturated carbocycles. The van der Waals surface area contributed by atoms with Crippen LogP contribution in [0.4, 0.5) is 5.88 Å². The summed E-state index contributed by atoms with van der Waals surface area (Å²) in [7, 11) is 0. The van der Waals surface area contributed by atoms with Gasteiger partial charge in [0.15, 0.2) is 17.4 Å². The van der Waals surface area contributed by atoms with Gasteiger partial charge in [0, 0.05) is 32.0 Å². The van der Waals surface area contributed by atoms with E-state index < -0.39 is 0 Å². The first-order valence-electron chi connectivity index (χ1n) is 6.64. The average Bonchev–Trinajstić information content (AvgIpc) is 3.09. The Morgan fingerprint density at radius 2 is 2.00 bits per heavy atom. The van der Waals surface area contributed by atoms with Crippen molar-refractivity contribution in [3.05, 3.63) is 53.8 Å². The minimum atomic E-state index is -0.0231. The van der Waals surface area contributed by atoms with Crippen molar-refractivity contribution in [2.75, 3.05) is 18.0 Å². The Balaban J connectivity index is 1.73. The summed E-state index contributed by atoms with van der Waals surface area (Å²) in [5, 5.41) is 0. The summed E-state index contributed by atoms with van der Waals surface area (Å²) >= 11 is 0. The molecule has 1 aromatic heterocycles. The van der Waals surface area contributed by atoms with E-state index in [-0.39, 0.29) is 5.78 Å². The fourth-order valence-electron chi connectivity index (χ4n) is 2.64. The van der Waals surface area contributed by atoms with E-state index in [4.69, 9.17) is 4.42 Å². The molecular formula is C16H17NO2. The average molecular weight is 255 g/mol. The molecule has 3 heteroatoms. The van der Waals surface area contributed by atoms with E-state index in [9.17, 15) is 4.79 Å². The quantitative estimate of drug-likeness (QED) is 0.787. The largest absolute Gasteiger partial charge is 0.437 e. The molecule has 0 N–H and O–H groups in total. The van der Waals surface area contributed by atoms with E-state index in [0.29, 0.717) is 11.7 Å². The molecule has 1 atom stereocenters. The Hall–Kier alpha value is -2.03. The third-order valence-corrected chi connectivity index (χ3v) is 3.71. The van der Waals surface area contributed by atoms with Gasteiger partial charge in [0.05, 0.1) is 0 Å². The van der Waals surface area contributed by atoms with Crippen LogP contribution in [-0.4, -0.2) is 18.9 Å². The van der Waals surface area contributed by atoms with E-state index in [1.54, 1.807) is 6.07 Å². The molecule has 2 aromatic rings. The van der Waals surface area contributed by atoms with Crippen molar-refractivity contribution >= 4 is 11.7 Å². The molecule has 0 amide bonds. The maximum Gasteiger partial charge on any atom is 0.196 e. The summed E-state index contributed by atoms with van der Waals surface area (Å²) in [5.74, 6) is 1.78. The van der Waals surface area contributed by atoms with Gasteiger partial charge in [-0.3, -0.25) is 4.79 Å². The predicted octanol–water partition coefficient (Wildman–Crippen LogP) is 3.48. The summed E-state index contributed by atoms with van der Waals surface area (Å²) in [6.07, 6.45) is 1.13. The van der Waals surface area contributed by atoms with Gasteiger partial charge in [-0.1, -0.05) is 30.3 Å². The van der Waals surface area contributed by atoms with Crippen molar-refractivity contribution in [3.8, 4) is 0 Å². The van der Waals surface area contributed by atoms with Gasteiger partial charge < -0.3 is 9.32 Å². The molecule has 2 heterocycles. The number of rotatable bonds is 3. The Labute approximate surface area is 112 Å². The zero-order valence-corrected chi connectivity index (χ0v) is 11.0. The summed E-state index contributed by atoms with van der Waals surface area (Å²) in [5.41, 5.74) is 1.38. The van der Waals surface area contributed by atoms with Gasteiger partial charge in [0.25, 0.3) is 0 Å². The highest BCUT2D eigenvalue weighted by molar-refractivity contribution is 5.91. The molecule has 1 aliphatic rings. The summed E-state index contributed by atoms with van der Waals surface area (Å²) in [6.45, 7) is 3.46. The molecule has 19 heavy (non-hydrogen) atoms. The second-order valence-corrected chi connectivity index (χ2v) is 5.04. The lowest BCUT2D eigenvalue weighted by Crippen LogP contribution is -2.18. The van der Waals surface area contributed by atoms with Crippen molar-refractivity contribution in [2.24, 2.45) is 0 Å². The molecule has 1 fully saturated rings. The number of ketones is 1. The lowest BCUT2D eigenvalue weighted by atomic mass is 9.99. The van der Waals surface area contributed by atoms with E-state index in [0.717, 1.165) is 25.4 Å². The highest BCUT2D eigenvalue weighted by atomic mass is 16.4. The molecule has 1 saturated heterocycles. The second-order valence-electron chi connectivity index (χ2n) is 5.04. The molecule has 0 radical (unpaired) electrons. The maximum atomic E-state index is 11.2. The summed E-state index contributed by atoms with van der Waals surface area (Å²) in [6, 6.07) is 14.2. The number of anilines is 1. The molecule has 3 nitrogen and oxygen atoms in total. The molecular weight excluding hydrogens is 238 g/mol. The van der Waals surface area contributed by atoms with Crippen molar-refractivity contribution < 1.29 is 9.21 Å². The smallest absolute Gasteiger partial charge is 0.196 e. The van der Waals surface area contributed by atoms with Crippen molar-refractivity contribution in [1.29, 1.82) is 0 Å². The van der Waals surface area contributed by atoms with E-state index in [1.165, 1.54) is 12.5 Å². The van der Waals surface area contributed by atoms with Crippen LogP contribution in [0.2, 0.25) is 0 Å². The van der Waals surface area contributed by atoms with Crippen LogP contribution in [0.1, 0.15) is 35.4 Å². The third-order valence-electron chi connectivity index (χ3n) is 3.71. The van der Waals surface area contributed by atoms with Crippen molar-refractivity contribution in [2.45, 2.75) is 19.3 Å². The summed E-state index contributed by atoms with van der Waals surface area (Å²) < 4.78 is 5.59. The number of carbonyl (C=O) groups excluding carboxylic acids is 1. The van der Waals surface area contributed by atoms with Gasteiger partial charge in [-0.05, 0) is 18.1 Å². The standard InChI is InChI=1S/C16H17NO2/c1-12(18)15-7-8-16(19-15)17-10-9-14(11-17)13-5-3-2-4-6-13/h2-8,14H,9-11H2,1H3. The lowest BCUT2D eigenvalue weighted by molar-refractivity contribution is 0.0988. The van der Waals surface area contributed by atoms with Gasteiger partial charge in [-0.15, -0.1) is 0 Å². The van der Waals surface area contributed by atoms with Crippen LogP contribution in [-0.2, 0) is 0 Å². The fraction of sp³-hybridized carbons (Fsp3) is 0.312. The van der Waals surface area contributed by atoms with E-state index in [2.05, 4.69) is 29.2 Å². The Kier molecular flexibility index (Phi) is 3.11. The van der Waals surface area contributed by atoms with E-state index in [1.807, 2.05) is 12.1 Å². The SMILES string of the molecule is CC(=O)c1ccc(N2CCC(c3ccccc3)C2)o1. The van der Waals surface area contributed by atoms with Crippen LogP contribution in [0, 0.1) is 0 Å². The number of Topliss-reactive ketones (excluding diaryl/α,β-unsaturated/α-hetero) is 1. The van der Waals surface area contributed by atoms with Gasteiger partial charge in [0.1, 0.15) is 0 Å². The number of benzene rings is 1. The first-order chi connectivity index (χ1) is 9.24. The highest BCUT2D eigenvalue weighted by Crippen LogP contribution is 2.31. The topological polar surface area (TPSA) is 33.5 Å². The third kappa shape index (κ3) is 2.41. The van der Waals surface area contributed by atoms with Gasteiger partial charge >= 0.3 is 0 Å². The van der Waals surface area contributed by atoms with Crippen LogP contribution in [0.3, 0.4) is 0 Å². The Bertz CT molecular complexity index is 573. The zero-order valence-electron chi connectivity index (χ0n) is 11.0. The van der Waals surface area contributed by atoms with Crippen LogP contribution in [0.15, 0.2) is 46.9 Å². The van der Waals surface area contributed by atoms with Crippen molar-refractivity contribution in [3.63, 3.8) is 0 Å². The van der Waals surface area contributed by atoms with Gasteiger partial charge in [0.2, 0.25) is 0 Å². The Morgan fingerprint density at radius 3 is 2.68 bits per heavy atom. The molecule has 0 aliphatic carbocycles. The van der Waals surface area contributed by atoms with Crippen LogP contribution >= 0.6 is 0 Å². The number of hydrogen-bond acceptors (Lipinski definition) is 3. The van der Waals surface area contributed by atoms with Gasteiger partial charge in [-0.25, -0.2) is 0 Å². The van der Waals surface area contributed by atoms with Crippen LogP contribution in [0.25, 0.3) is 0 Å². The molecule has 0 spiro atoms. The first-order valence-corrected chi connectivity index (χ1v) is 6.64. The normalized spacial score (nSPS) is 18.8. The number of carbonyl (C=O) groups is 1. The van der Waals surface area contributed by atoms with Crippen LogP contribution < -0.4 is 4.90 Å². The molecule has 1 unspecified atom stereocenters. The fourth-order valence-corrected chi connectivity index (χ4v) is 2.64. The second kappa shape index (κ2) is 4.92. The molecule has 3 rings (SSSR count). The number of furan rings is 1. The van der Waals surface area contributed by atoms with Gasteiger partial charge in [-0.2, -0.15) is 0 Å². The number of nitrogens with zero attached hydrogens (tertiary/aromatic N) is 1. The first kappa shape index (κ1) is 12.0. The molecule has 1 aromatic carbocycles. The minimum absolute atomic E-state index is 0.0231. The Morgan fingerprint density at radius 1 is 1.21 bits per heavy atom. The zero-order chi connectivity index (χ0) is 13.2. The molecule has 0 bridgehead atoms. The highest BCUT2D eigenvalue weighted by Gasteiger charge is 2.25. The van der Waals surface area contributed by atoms with Crippen LogP contribution in [0.5, 0.6) is 0 Å². The minimum Gasteiger partial charge on any atom is -0.437 e. The molecule has 1 aliphatic heterocycles. The number of hydrogen-bond donors (Lipinski definition) is 0. The maximum absolute atomic E-state index is 11.2.